The molecule has 0 saturated heterocycles. The van der Waals surface area contributed by atoms with Crippen molar-refractivity contribution in [2.45, 2.75) is 46.2 Å². The highest BCUT2D eigenvalue weighted by molar-refractivity contribution is 6.49. The third-order valence-electron chi connectivity index (χ3n) is 2.37. The molecule has 0 fully saturated rings. The van der Waals surface area contributed by atoms with Crippen LogP contribution in [0.3, 0.4) is 0 Å². The molecule has 1 rings (SSSR count). The SMILES string of the molecule is Cc1cccc(C(C)(C)C)c1O[SiH](C)C. The van der Waals surface area contributed by atoms with Gasteiger partial charge in [-0.2, -0.15) is 0 Å². The van der Waals surface area contributed by atoms with E-state index in [2.05, 4.69) is 59.0 Å². The maximum atomic E-state index is 6.04. The summed E-state index contributed by atoms with van der Waals surface area (Å²) in [6, 6.07) is 6.42. The molecule has 2 heteroatoms. The zero-order chi connectivity index (χ0) is 11.6. The molecule has 0 N–H and O–H groups in total. The molecule has 0 unspecified atom stereocenters. The standard InChI is InChI=1S/C13H22OSi/c1-10-8-7-9-11(13(2,3)4)12(10)14-15(5)6/h7-9,15H,1-6H3. The molecule has 0 spiro atoms. The summed E-state index contributed by atoms with van der Waals surface area (Å²) >= 11 is 0. The van der Waals surface area contributed by atoms with Crippen LogP contribution in [0.25, 0.3) is 0 Å². The lowest BCUT2D eigenvalue weighted by atomic mass is 9.85. The second kappa shape index (κ2) is 4.39. The molecule has 0 aromatic heterocycles. The Morgan fingerprint density at radius 2 is 1.73 bits per heavy atom. The first-order chi connectivity index (χ1) is 6.82. The molecule has 0 aliphatic carbocycles. The maximum absolute atomic E-state index is 6.04. The van der Waals surface area contributed by atoms with E-state index in [0.29, 0.717) is 0 Å². The van der Waals surface area contributed by atoms with Crippen LogP contribution in [0.1, 0.15) is 31.9 Å². The molecule has 0 aliphatic heterocycles. The van der Waals surface area contributed by atoms with Crippen LogP contribution >= 0.6 is 0 Å². The highest BCUT2D eigenvalue weighted by Gasteiger charge is 2.20. The van der Waals surface area contributed by atoms with Crippen molar-refractivity contribution in [3.8, 4) is 5.75 Å². The van der Waals surface area contributed by atoms with Gasteiger partial charge in [0.1, 0.15) is 5.75 Å². The number of hydrogen-bond acceptors (Lipinski definition) is 1. The van der Waals surface area contributed by atoms with E-state index in [0.717, 1.165) is 5.75 Å². The number of benzene rings is 1. The Bertz CT molecular complexity index is 337. The van der Waals surface area contributed by atoms with Crippen molar-refractivity contribution in [1.82, 2.24) is 0 Å². The highest BCUT2D eigenvalue weighted by atomic mass is 28.3. The molecule has 0 bridgehead atoms. The lowest BCUT2D eigenvalue weighted by molar-refractivity contribution is 0.517. The fourth-order valence-corrected chi connectivity index (χ4v) is 2.42. The van der Waals surface area contributed by atoms with Crippen LogP contribution in [0.4, 0.5) is 0 Å². The molecule has 0 radical (unpaired) electrons. The van der Waals surface area contributed by atoms with E-state index >= 15 is 0 Å². The molecule has 0 atom stereocenters. The van der Waals surface area contributed by atoms with Gasteiger partial charge in [0.15, 0.2) is 0 Å². The van der Waals surface area contributed by atoms with Crippen LogP contribution in [0.15, 0.2) is 18.2 Å². The number of para-hydroxylation sites is 1. The quantitative estimate of drug-likeness (QED) is 0.694. The van der Waals surface area contributed by atoms with E-state index in [4.69, 9.17) is 4.43 Å². The summed E-state index contributed by atoms with van der Waals surface area (Å²) in [6.45, 7) is 13.2. The van der Waals surface area contributed by atoms with E-state index < -0.39 is 9.04 Å². The smallest absolute Gasteiger partial charge is 0.229 e. The minimum atomic E-state index is -1.03. The minimum absolute atomic E-state index is 0.157. The van der Waals surface area contributed by atoms with Gasteiger partial charge in [0, 0.05) is 0 Å². The van der Waals surface area contributed by atoms with Crippen molar-refractivity contribution in [2.24, 2.45) is 0 Å². The lowest BCUT2D eigenvalue weighted by Crippen LogP contribution is -2.19. The van der Waals surface area contributed by atoms with Crippen LogP contribution in [0.5, 0.6) is 5.75 Å². The fraction of sp³-hybridized carbons (Fsp3) is 0.538. The van der Waals surface area contributed by atoms with Gasteiger partial charge in [-0.15, -0.1) is 0 Å². The molecule has 84 valence electrons. The van der Waals surface area contributed by atoms with Crippen LogP contribution in [0, 0.1) is 6.92 Å². The maximum Gasteiger partial charge on any atom is 0.229 e. The van der Waals surface area contributed by atoms with Crippen LogP contribution in [0.2, 0.25) is 13.1 Å². The number of aryl methyl sites for hydroxylation is 1. The van der Waals surface area contributed by atoms with Crippen LogP contribution < -0.4 is 4.43 Å². The summed E-state index contributed by atoms with van der Waals surface area (Å²) in [6.07, 6.45) is 0. The first-order valence-corrected chi connectivity index (χ1v) is 8.37. The summed E-state index contributed by atoms with van der Waals surface area (Å²) in [4.78, 5) is 0. The Morgan fingerprint density at radius 1 is 1.13 bits per heavy atom. The highest BCUT2D eigenvalue weighted by Crippen LogP contribution is 2.33. The Labute approximate surface area is 95.2 Å². The molecular weight excluding hydrogens is 200 g/mol. The molecule has 1 aromatic rings. The Balaban J connectivity index is 3.21. The zero-order valence-corrected chi connectivity index (χ0v) is 11.9. The van der Waals surface area contributed by atoms with Crippen molar-refractivity contribution in [3.63, 3.8) is 0 Å². The van der Waals surface area contributed by atoms with E-state index in [1.807, 2.05) is 0 Å². The van der Waals surface area contributed by atoms with Crippen LogP contribution in [-0.2, 0) is 5.41 Å². The van der Waals surface area contributed by atoms with Crippen molar-refractivity contribution < 1.29 is 4.43 Å². The predicted molar refractivity (Wildman–Crippen MR) is 69.4 cm³/mol. The Kier molecular flexibility index (Phi) is 3.61. The fourth-order valence-electron chi connectivity index (χ4n) is 1.64. The largest absolute Gasteiger partial charge is 0.547 e. The Morgan fingerprint density at radius 3 is 2.20 bits per heavy atom. The summed E-state index contributed by atoms with van der Waals surface area (Å²) in [5.41, 5.74) is 2.73. The van der Waals surface area contributed by atoms with Crippen molar-refractivity contribution >= 4 is 9.04 Å². The topological polar surface area (TPSA) is 9.23 Å². The van der Waals surface area contributed by atoms with Gasteiger partial charge in [-0.1, -0.05) is 39.0 Å². The summed E-state index contributed by atoms with van der Waals surface area (Å²) < 4.78 is 6.04. The second-order valence-electron chi connectivity index (χ2n) is 5.37. The predicted octanol–water partition coefficient (Wildman–Crippen LogP) is 3.65. The molecule has 0 aliphatic rings. The molecule has 0 heterocycles. The number of rotatable bonds is 2. The van der Waals surface area contributed by atoms with Gasteiger partial charge in [-0.25, -0.2) is 0 Å². The summed E-state index contributed by atoms with van der Waals surface area (Å²) in [5.74, 6) is 1.12. The zero-order valence-electron chi connectivity index (χ0n) is 10.7. The molecule has 15 heavy (non-hydrogen) atoms. The van der Waals surface area contributed by atoms with Gasteiger partial charge >= 0.3 is 0 Å². The van der Waals surface area contributed by atoms with E-state index in [9.17, 15) is 0 Å². The number of hydrogen-bond donors (Lipinski definition) is 0. The summed E-state index contributed by atoms with van der Waals surface area (Å²) in [7, 11) is -1.03. The molecule has 0 saturated carbocycles. The van der Waals surface area contributed by atoms with Gasteiger partial charge in [0.2, 0.25) is 9.04 Å². The molecule has 1 nitrogen and oxygen atoms in total. The monoisotopic (exact) mass is 222 g/mol. The van der Waals surface area contributed by atoms with Crippen molar-refractivity contribution in [2.75, 3.05) is 0 Å². The van der Waals surface area contributed by atoms with Crippen molar-refractivity contribution in [1.29, 1.82) is 0 Å². The normalized spacial score (nSPS) is 11.9. The first kappa shape index (κ1) is 12.3. The van der Waals surface area contributed by atoms with Gasteiger partial charge in [0.25, 0.3) is 0 Å². The van der Waals surface area contributed by atoms with Gasteiger partial charge < -0.3 is 4.43 Å². The lowest BCUT2D eigenvalue weighted by Gasteiger charge is -2.25. The van der Waals surface area contributed by atoms with E-state index in [1.54, 1.807) is 0 Å². The van der Waals surface area contributed by atoms with Crippen molar-refractivity contribution in [3.05, 3.63) is 29.3 Å². The second-order valence-corrected chi connectivity index (χ2v) is 7.70. The first-order valence-electron chi connectivity index (χ1n) is 5.59. The average molecular weight is 222 g/mol. The van der Waals surface area contributed by atoms with Gasteiger partial charge in [-0.05, 0) is 36.6 Å². The third kappa shape index (κ3) is 3.10. The summed E-state index contributed by atoms with van der Waals surface area (Å²) in [5, 5.41) is 0. The Hall–Kier alpha value is -0.763. The molecular formula is C13H22OSi. The van der Waals surface area contributed by atoms with Gasteiger partial charge in [0.05, 0.1) is 0 Å². The van der Waals surface area contributed by atoms with E-state index in [1.165, 1.54) is 11.1 Å². The minimum Gasteiger partial charge on any atom is -0.547 e. The molecule has 1 aromatic carbocycles. The van der Waals surface area contributed by atoms with Gasteiger partial charge in [-0.3, -0.25) is 0 Å². The average Bonchev–Trinajstić information content (AvgIpc) is 2.05. The van der Waals surface area contributed by atoms with Crippen LogP contribution in [-0.4, -0.2) is 9.04 Å². The van der Waals surface area contributed by atoms with E-state index in [-0.39, 0.29) is 5.41 Å². The molecule has 0 amide bonds. The third-order valence-corrected chi connectivity index (χ3v) is 3.08.